The van der Waals surface area contributed by atoms with Crippen LogP contribution in [0.4, 0.5) is 8.78 Å². The maximum atomic E-state index is 13.5. The first-order valence-electron chi connectivity index (χ1n) is 6.92. The molecule has 1 aromatic rings. The molecular formula is C15H17F2NO3. The SMILES string of the molecule is O=C(O)[C@H]1CCCN(C(=O)CCc2cc(F)ccc2F)C1. The summed E-state index contributed by atoms with van der Waals surface area (Å²) < 4.78 is 26.5. The van der Waals surface area contributed by atoms with Gasteiger partial charge in [0.25, 0.3) is 0 Å². The number of rotatable bonds is 4. The van der Waals surface area contributed by atoms with E-state index in [2.05, 4.69) is 0 Å². The molecule has 1 amide bonds. The van der Waals surface area contributed by atoms with Gasteiger partial charge in [0.15, 0.2) is 0 Å². The minimum absolute atomic E-state index is 0.0483. The van der Waals surface area contributed by atoms with Crippen LogP contribution in [-0.2, 0) is 16.0 Å². The number of aliphatic carboxylic acids is 1. The van der Waals surface area contributed by atoms with Crippen LogP contribution in [0.3, 0.4) is 0 Å². The number of halogens is 2. The van der Waals surface area contributed by atoms with Crippen molar-refractivity contribution in [3.05, 3.63) is 35.4 Å². The molecule has 21 heavy (non-hydrogen) atoms. The van der Waals surface area contributed by atoms with Crippen LogP contribution in [0.5, 0.6) is 0 Å². The van der Waals surface area contributed by atoms with Gasteiger partial charge in [0.05, 0.1) is 5.92 Å². The lowest BCUT2D eigenvalue weighted by atomic mass is 9.97. The number of carboxylic acids is 1. The van der Waals surface area contributed by atoms with Crippen LogP contribution < -0.4 is 0 Å². The Morgan fingerprint density at radius 2 is 2.10 bits per heavy atom. The minimum atomic E-state index is -0.899. The lowest BCUT2D eigenvalue weighted by Crippen LogP contribution is -2.42. The number of carboxylic acid groups (broad SMARTS) is 1. The van der Waals surface area contributed by atoms with Crippen LogP contribution in [0.15, 0.2) is 18.2 Å². The molecule has 0 radical (unpaired) electrons. The number of nitrogens with zero attached hydrogens (tertiary/aromatic N) is 1. The van der Waals surface area contributed by atoms with Crippen LogP contribution >= 0.6 is 0 Å². The monoisotopic (exact) mass is 297 g/mol. The molecule has 114 valence electrons. The zero-order valence-corrected chi connectivity index (χ0v) is 11.5. The summed E-state index contributed by atoms with van der Waals surface area (Å²) in [6.45, 7) is 0.716. The third-order valence-corrected chi connectivity index (χ3v) is 3.74. The summed E-state index contributed by atoms with van der Waals surface area (Å²) in [4.78, 5) is 24.5. The molecule has 6 heteroatoms. The Labute approximate surface area is 121 Å². The van der Waals surface area contributed by atoms with Crippen molar-refractivity contribution in [2.45, 2.75) is 25.7 Å². The first-order valence-corrected chi connectivity index (χ1v) is 6.92. The Morgan fingerprint density at radius 3 is 2.81 bits per heavy atom. The summed E-state index contributed by atoms with van der Waals surface area (Å²) in [5, 5.41) is 8.98. The molecule has 0 aromatic heterocycles. The van der Waals surface area contributed by atoms with Crippen molar-refractivity contribution in [1.29, 1.82) is 0 Å². The summed E-state index contributed by atoms with van der Waals surface area (Å²) in [5.41, 5.74) is 0.162. The van der Waals surface area contributed by atoms with Crippen LogP contribution in [0.1, 0.15) is 24.8 Å². The molecule has 1 atom stereocenters. The number of amides is 1. The fraction of sp³-hybridized carbons (Fsp3) is 0.467. The first-order chi connectivity index (χ1) is 9.97. The number of carbonyl (C=O) groups is 2. The highest BCUT2D eigenvalue weighted by Gasteiger charge is 2.27. The smallest absolute Gasteiger partial charge is 0.308 e. The fourth-order valence-corrected chi connectivity index (χ4v) is 2.54. The van der Waals surface area contributed by atoms with Gasteiger partial charge in [0.2, 0.25) is 5.91 Å². The van der Waals surface area contributed by atoms with E-state index in [0.29, 0.717) is 19.4 Å². The summed E-state index contributed by atoms with van der Waals surface area (Å²) in [6.07, 6.45) is 1.37. The number of hydrogen-bond donors (Lipinski definition) is 1. The highest BCUT2D eigenvalue weighted by atomic mass is 19.1. The Morgan fingerprint density at radius 1 is 1.33 bits per heavy atom. The van der Waals surface area contributed by atoms with Gasteiger partial charge in [-0.05, 0) is 43.0 Å². The summed E-state index contributed by atoms with van der Waals surface area (Å²) in [5.74, 6) is -2.73. The second kappa shape index (κ2) is 6.65. The number of benzene rings is 1. The highest BCUT2D eigenvalue weighted by Crippen LogP contribution is 2.18. The standard InChI is InChI=1S/C15H17F2NO3/c16-12-4-5-13(17)10(8-12)3-6-14(19)18-7-1-2-11(9-18)15(20)21/h4-5,8,11H,1-3,6-7,9H2,(H,20,21)/t11-/m0/s1. The molecule has 0 bridgehead atoms. The quantitative estimate of drug-likeness (QED) is 0.927. The molecule has 4 nitrogen and oxygen atoms in total. The predicted molar refractivity (Wildman–Crippen MR) is 71.6 cm³/mol. The Kier molecular flexibility index (Phi) is 4.88. The fourth-order valence-electron chi connectivity index (χ4n) is 2.54. The molecule has 1 saturated heterocycles. The molecule has 2 rings (SSSR count). The van der Waals surface area contributed by atoms with Gasteiger partial charge in [-0.25, -0.2) is 8.78 Å². The van der Waals surface area contributed by atoms with E-state index in [1.165, 1.54) is 4.90 Å². The van der Waals surface area contributed by atoms with E-state index in [4.69, 9.17) is 5.11 Å². The van der Waals surface area contributed by atoms with Gasteiger partial charge >= 0.3 is 5.97 Å². The largest absolute Gasteiger partial charge is 0.481 e. The lowest BCUT2D eigenvalue weighted by Gasteiger charge is -2.30. The third-order valence-electron chi connectivity index (χ3n) is 3.74. The van der Waals surface area contributed by atoms with Crippen LogP contribution in [-0.4, -0.2) is 35.0 Å². The molecule has 0 saturated carbocycles. The topological polar surface area (TPSA) is 57.6 Å². The normalized spacial score (nSPS) is 18.6. The summed E-state index contributed by atoms with van der Waals surface area (Å²) in [7, 11) is 0. The van der Waals surface area contributed by atoms with Crippen LogP contribution in [0, 0.1) is 17.6 Å². The molecule has 1 heterocycles. The lowest BCUT2D eigenvalue weighted by molar-refractivity contribution is -0.145. The summed E-state index contributed by atoms with van der Waals surface area (Å²) >= 11 is 0. The zero-order chi connectivity index (χ0) is 15.4. The van der Waals surface area contributed by atoms with Crippen molar-refractivity contribution in [1.82, 2.24) is 4.90 Å². The molecule has 0 unspecified atom stereocenters. The Bertz CT molecular complexity index is 548. The minimum Gasteiger partial charge on any atom is -0.481 e. The van der Waals surface area contributed by atoms with Crippen molar-refractivity contribution in [2.24, 2.45) is 5.92 Å². The maximum absolute atomic E-state index is 13.5. The molecule has 1 fully saturated rings. The van der Waals surface area contributed by atoms with E-state index >= 15 is 0 Å². The summed E-state index contributed by atoms with van der Waals surface area (Å²) in [6, 6.07) is 3.15. The van der Waals surface area contributed by atoms with Gasteiger partial charge in [-0.2, -0.15) is 0 Å². The number of hydrogen-bond acceptors (Lipinski definition) is 2. The van der Waals surface area contributed by atoms with Crippen molar-refractivity contribution in [3.63, 3.8) is 0 Å². The average Bonchev–Trinajstić information content (AvgIpc) is 2.48. The van der Waals surface area contributed by atoms with E-state index in [1.54, 1.807) is 0 Å². The highest BCUT2D eigenvalue weighted by molar-refractivity contribution is 5.78. The second-order valence-corrected chi connectivity index (χ2v) is 5.25. The van der Waals surface area contributed by atoms with E-state index in [9.17, 15) is 18.4 Å². The zero-order valence-electron chi connectivity index (χ0n) is 11.5. The Balaban J connectivity index is 1.92. The molecular weight excluding hydrogens is 280 g/mol. The Hall–Kier alpha value is -1.98. The average molecular weight is 297 g/mol. The number of aryl methyl sites for hydroxylation is 1. The van der Waals surface area contributed by atoms with Gasteiger partial charge in [0.1, 0.15) is 11.6 Å². The van der Waals surface area contributed by atoms with Crippen LogP contribution in [0.25, 0.3) is 0 Å². The van der Waals surface area contributed by atoms with Gasteiger partial charge in [-0.3, -0.25) is 9.59 Å². The van der Waals surface area contributed by atoms with E-state index in [0.717, 1.165) is 18.2 Å². The molecule has 0 spiro atoms. The molecule has 1 aliphatic rings. The molecule has 1 aliphatic heterocycles. The second-order valence-electron chi connectivity index (χ2n) is 5.25. The van der Waals surface area contributed by atoms with Gasteiger partial charge < -0.3 is 10.0 Å². The van der Waals surface area contributed by atoms with Gasteiger partial charge in [0, 0.05) is 19.5 Å². The van der Waals surface area contributed by atoms with Crippen molar-refractivity contribution in [3.8, 4) is 0 Å². The first kappa shape index (κ1) is 15.4. The number of likely N-dealkylation sites (tertiary alicyclic amines) is 1. The van der Waals surface area contributed by atoms with Crippen molar-refractivity contribution in [2.75, 3.05) is 13.1 Å². The van der Waals surface area contributed by atoms with Crippen molar-refractivity contribution < 1.29 is 23.5 Å². The van der Waals surface area contributed by atoms with Gasteiger partial charge in [-0.15, -0.1) is 0 Å². The van der Waals surface area contributed by atoms with Gasteiger partial charge in [-0.1, -0.05) is 0 Å². The molecule has 1 aromatic carbocycles. The van der Waals surface area contributed by atoms with E-state index in [-0.39, 0.29) is 30.9 Å². The number of carbonyl (C=O) groups excluding carboxylic acids is 1. The van der Waals surface area contributed by atoms with Crippen molar-refractivity contribution >= 4 is 11.9 Å². The maximum Gasteiger partial charge on any atom is 0.308 e. The number of piperidine rings is 1. The van der Waals surface area contributed by atoms with E-state index < -0.39 is 23.5 Å². The third kappa shape index (κ3) is 4.00. The van der Waals surface area contributed by atoms with Crippen LogP contribution in [0.2, 0.25) is 0 Å². The molecule has 1 N–H and O–H groups in total. The molecule has 0 aliphatic carbocycles. The van der Waals surface area contributed by atoms with E-state index in [1.807, 2.05) is 0 Å². The predicted octanol–water partition coefficient (Wildman–Crippen LogP) is 2.22.